The summed E-state index contributed by atoms with van der Waals surface area (Å²) in [5, 5.41) is 3.68. The van der Waals surface area contributed by atoms with Gasteiger partial charge in [-0.25, -0.2) is 0 Å². The van der Waals surface area contributed by atoms with Gasteiger partial charge >= 0.3 is 0 Å². The summed E-state index contributed by atoms with van der Waals surface area (Å²) < 4.78 is 0. The largest absolute Gasteiger partial charge is 0.314 e. The van der Waals surface area contributed by atoms with Crippen LogP contribution in [0.1, 0.15) is 36.6 Å². The highest BCUT2D eigenvalue weighted by Crippen LogP contribution is 2.11. The summed E-state index contributed by atoms with van der Waals surface area (Å²) in [7, 11) is 0. The molecule has 112 valence electrons. The van der Waals surface area contributed by atoms with Crippen molar-refractivity contribution in [3.63, 3.8) is 0 Å². The lowest BCUT2D eigenvalue weighted by Gasteiger charge is -2.19. The van der Waals surface area contributed by atoms with Gasteiger partial charge in [0.25, 0.3) is 0 Å². The van der Waals surface area contributed by atoms with Crippen LogP contribution in [-0.2, 0) is 12.8 Å². The van der Waals surface area contributed by atoms with E-state index >= 15 is 0 Å². The Morgan fingerprint density at radius 1 is 1.10 bits per heavy atom. The molecule has 2 rings (SSSR count). The van der Waals surface area contributed by atoms with Gasteiger partial charge in [0.15, 0.2) is 0 Å². The van der Waals surface area contributed by atoms with Crippen LogP contribution in [0.2, 0.25) is 0 Å². The molecule has 1 aromatic heterocycles. The third-order valence-corrected chi connectivity index (χ3v) is 3.86. The Labute approximate surface area is 128 Å². The van der Waals surface area contributed by atoms with Gasteiger partial charge in [-0.2, -0.15) is 0 Å². The Hall–Kier alpha value is -1.67. The molecule has 0 aliphatic rings. The van der Waals surface area contributed by atoms with E-state index in [-0.39, 0.29) is 0 Å². The van der Waals surface area contributed by atoms with Crippen LogP contribution < -0.4 is 5.32 Å². The van der Waals surface area contributed by atoms with E-state index in [1.807, 2.05) is 12.3 Å². The van der Waals surface area contributed by atoms with E-state index in [9.17, 15) is 0 Å². The highest BCUT2D eigenvalue weighted by atomic mass is 14.9. The summed E-state index contributed by atoms with van der Waals surface area (Å²) in [5.74, 6) is 0. The number of nitrogens with one attached hydrogen (secondary N) is 1. The Balaban J connectivity index is 1.96. The molecule has 1 N–H and O–H groups in total. The zero-order chi connectivity index (χ0) is 14.9. The molecule has 1 heterocycles. The molecular formula is C19H26N2. The average Bonchev–Trinajstić information content (AvgIpc) is 2.53. The molecule has 0 spiro atoms. The number of hydrogen-bond acceptors (Lipinski definition) is 2. The summed E-state index contributed by atoms with van der Waals surface area (Å²) in [6.45, 7) is 5.44. The van der Waals surface area contributed by atoms with Crippen molar-refractivity contribution < 1.29 is 0 Å². The van der Waals surface area contributed by atoms with Crippen molar-refractivity contribution in [1.82, 2.24) is 10.3 Å². The molecule has 2 aromatic rings. The fourth-order valence-electron chi connectivity index (χ4n) is 2.58. The Morgan fingerprint density at radius 2 is 1.90 bits per heavy atom. The van der Waals surface area contributed by atoms with Gasteiger partial charge in [0, 0.05) is 24.4 Å². The standard InChI is InChI=1S/C19H26N2/c1-3-13-20-18(12-11-17-9-5-4-6-10-17)15-19-16(2)8-7-14-21-19/h4-10,14,18,20H,3,11-13,15H2,1-2H3. The highest BCUT2D eigenvalue weighted by molar-refractivity contribution is 5.19. The van der Waals surface area contributed by atoms with Gasteiger partial charge in [-0.15, -0.1) is 0 Å². The minimum absolute atomic E-state index is 0.499. The van der Waals surface area contributed by atoms with Gasteiger partial charge in [-0.1, -0.05) is 43.3 Å². The molecule has 0 aliphatic carbocycles. The molecule has 0 fully saturated rings. The highest BCUT2D eigenvalue weighted by Gasteiger charge is 2.11. The zero-order valence-corrected chi connectivity index (χ0v) is 13.2. The minimum atomic E-state index is 0.499. The Morgan fingerprint density at radius 3 is 2.62 bits per heavy atom. The van der Waals surface area contributed by atoms with Crippen molar-refractivity contribution >= 4 is 0 Å². The molecule has 1 aromatic carbocycles. The van der Waals surface area contributed by atoms with Crippen molar-refractivity contribution in [3.05, 3.63) is 65.5 Å². The first kappa shape index (κ1) is 15.7. The Bertz CT molecular complexity index is 522. The average molecular weight is 282 g/mol. The van der Waals surface area contributed by atoms with Crippen LogP contribution in [0.4, 0.5) is 0 Å². The third-order valence-electron chi connectivity index (χ3n) is 3.86. The van der Waals surface area contributed by atoms with Crippen molar-refractivity contribution in [3.8, 4) is 0 Å². The van der Waals surface area contributed by atoms with E-state index in [1.54, 1.807) is 0 Å². The second-order valence-corrected chi connectivity index (χ2v) is 5.65. The van der Waals surface area contributed by atoms with Gasteiger partial charge in [-0.05, 0) is 49.9 Å². The van der Waals surface area contributed by atoms with Crippen molar-refractivity contribution in [2.45, 2.75) is 45.6 Å². The van der Waals surface area contributed by atoms with Crippen LogP contribution in [0.5, 0.6) is 0 Å². The van der Waals surface area contributed by atoms with Crippen molar-refractivity contribution in [2.75, 3.05) is 6.54 Å². The van der Waals surface area contributed by atoms with Crippen LogP contribution in [0, 0.1) is 6.92 Å². The lowest BCUT2D eigenvalue weighted by molar-refractivity contribution is 0.473. The van der Waals surface area contributed by atoms with E-state index < -0.39 is 0 Å². The second kappa shape index (κ2) is 8.58. The minimum Gasteiger partial charge on any atom is -0.314 e. The lowest BCUT2D eigenvalue weighted by Crippen LogP contribution is -2.32. The van der Waals surface area contributed by atoms with E-state index in [0.29, 0.717) is 6.04 Å². The number of benzene rings is 1. The molecule has 0 saturated carbocycles. The molecule has 0 saturated heterocycles. The monoisotopic (exact) mass is 282 g/mol. The van der Waals surface area contributed by atoms with Crippen LogP contribution >= 0.6 is 0 Å². The molecule has 0 radical (unpaired) electrons. The van der Waals surface area contributed by atoms with E-state index in [4.69, 9.17) is 0 Å². The zero-order valence-electron chi connectivity index (χ0n) is 13.2. The number of aryl methyl sites for hydroxylation is 2. The number of hydrogen-bond donors (Lipinski definition) is 1. The predicted octanol–water partition coefficient (Wildman–Crippen LogP) is 3.93. The maximum atomic E-state index is 4.54. The third kappa shape index (κ3) is 5.31. The van der Waals surface area contributed by atoms with Crippen LogP contribution in [0.15, 0.2) is 48.7 Å². The van der Waals surface area contributed by atoms with Crippen LogP contribution in [-0.4, -0.2) is 17.6 Å². The fraction of sp³-hybridized carbons (Fsp3) is 0.421. The Kier molecular flexibility index (Phi) is 6.42. The molecule has 1 unspecified atom stereocenters. The van der Waals surface area contributed by atoms with Crippen LogP contribution in [0.3, 0.4) is 0 Å². The summed E-state index contributed by atoms with van der Waals surface area (Å²) in [6, 6.07) is 15.4. The maximum absolute atomic E-state index is 4.54. The van der Waals surface area contributed by atoms with Crippen molar-refractivity contribution in [1.29, 1.82) is 0 Å². The van der Waals surface area contributed by atoms with E-state index in [0.717, 1.165) is 25.8 Å². The number of rotatable bonds is 8. The second-order valence-electron chi connectivity index (χ2n) is 5.65. The SMILES string of the molecule is CCCNC(CCc1ccccc1)Cc1ncccc1C. The van der Waals surface area contributed by atoms with Crippen LogP contribution in [0.25, 0.3) is 0 Å². The van der Waals surface area contributed by atoms with Gasteiger partial charge < -0.3 is 5.32 Å². The van der Waals surface area contributed by atoms with E-state index in [2.05, 4.69) is 60.5 Å². The molecular weight excluding hydrogens is 256 g/mol. The first-order chi connectivity index (χ1) is 10.3. The summed E-state index contributed by atoms with van der Waals surface area (Å²) in [5.41, 5.74) is 3.93. The summed E-state index contributed by atoms with van der Waals surface area (Å²) in [4.78, 5) is 4.54. The summed E-state index contributed by atoms with van der Waals surface area (Å²) in [6.07, 6.45) is 6.35. The molecule has 2 nitrogen and oxygen atoms in total. The molecule has 1 atom stereocenters. The lowest BCUT2D eigenvalue weighted by atomic mass is 9.99. The number of aromatic nitrogens is 1. The quantitative estimate of drug-likeness (QED) is 0.793. The molecule has 0 aliphatic heterocycles. The van der Waals surface area contributed by atoms with Gasteiger partial charge in [0.1, 0.15) is 0 Å². The van der Waals surface area contributed by atoms with E-state index in [1.165, 1.54) is 23.2 Å². The predicted molar refractivity (Wildman–Crippen MR) is 89.5 cm³/mol. The molecule has 0 amide bonds. The van der Waals surface area contributed by atoms with Gasteiger partial charge in [0.05, 0.1) is 0 Å². The first-order valence-electron chi connectivity index (χ1n) is 7.97. The fourth-order valence-corrected chi connectivity index (χ4v) is 2.58. The number of pyridine rings is 1. The van der Waals surface area contributed by atoms with Crippen molar-refractivity contribution in [2.24, 2.45) is 0 Å². The van der Waals surface area contributed by atoms with Gasteiger partial charge in [-0.3, -0.25) is 4.98 Å². The molecule has 0 bridgehead atoms. The molecule has 21 heavy (non-hydrogen) atoms. The number of nitrogens with zero attached hydrogens (tertiary/aromatic N) is 1. The van der Waals surface area contributed by atoms with Gasteiger partial charge in [0.2, 0.25) is 0 Å². The molecule has 2 heteroatoms. The normalized spacial score (nSPS) is 12.3. The first-order valence-corrected chi connectivity index (χ1v) is 7.97. The topological polar surface area (TPSA) is 24.9 Å². The smallest absolute Gasteiger partial charge is 0.0448 e. The summed E-state index contributed by atoms with van der Waals surface area (Å²) >= 11 is 0. The maximum Gasteiger partial charge on any atom is 0.0448 e.